The van der Waals surface area contributed by atoms with Gasteiger partial charge in [0.15, 0.2) is 0 Å². The molecule has 4 heteroatoms. The van der Waals surface area contributed by atoms with E-state index in [1.54, 1.807) is 0 Å². The summed E-state index contributed by atoms with van der Waals surface area (Å²) in [4.78, 5) is 12.2. The first-order chi connectivity index (χ1) is 11.7. The number of unbranched alkanes of at least 4 members (excludes halogenated alkanes) is 1. The van der Waals surface area contributed by atoms with Crippen LogP contribution in [0.5, 0.6) is 5.75 Å². The molecule has 0 radical (unpaired) electrons. The van der Waals surface area contributed by atoms with E-state index in [0.717, 1.165) is 29.8 Å². The van der Waals surface area contributed by atoms with Crippen molar-refractivity contribution in [3.05, 3.63) is 60.2 Å². The number of hydrogen-bond donors (Lipinski definition) is 2. The third-order valence-corrected chi connectivity index (χ3v) is 3.76. The van der Waals surface area contributed by atoms with E-state index in [0.29, 0.717) is 6.61 Å². The van der Waals surface area contributed by atoms with Crippen LogP contribution in [-0.2, 0) is 4.79 Å². The predicted molar refractivity (Wildman–Crippen MR) is 98.3 cm³/mol. The lowest BCUT2D eigenvalue weighted by Gasteiger charge is -2.16. The first-order valence-electron chi connectivity index (χ1n) is 8.50. The van der Waals surface area contributed by atoms with Gasteiger partial charge in [0, 0.05) is 0 Å². The summed E-state index contributed by atoms with van der Waals surface area (Å²) in [6, 6.07) is 17.6. The fourth-order valence-electron chi connectivity index (χ4n) is 2.36. The van der Waals surface area contributed by atoms with Crippen molar-refractivity contribution in [1.29, 1.82) is 0 Å². The molecule has 0 bridgehead atoms. The van der Waals surface area contributed by atoms with Gasteiger partial charge < -0.3 is 15.4 Å². The maximum Gasteiger partial charge on any atom is 0.239 e. The van der Waals surface area contributed by atoms with E-state index in [-0.39, 0.29) is 18.5 Å². The van der Waals surface area contributed by atoms with Crippen molar-refractivity contribution >= 4 is 11.6 Å². The van der Waals surface area contributed by atoms with E-state index in [2.05, 4.69) is 17.6 Å². The third-order valence-electron chi connectivity index (χ3n) is 3.76. The Kier molecular flexibility index (Phi) is 7.15. The van der Waals surface area contributed by atoms with Gasteiger partial charge in [0.25, 0.3) is 0 Å². The van der Waals surface area contributed by atoms with Gasteiger partial charge >= 0.3 is 0 Å². The molecule has 2 rings (SSSR count). The zero-order chi connectivity index (χ0) is 17.2. The highest BCUT2D eigenvalue weighted by Crippen LogP contribution is 2.23. The van der Waals surface area contributed by atoms with Crippen LogP contribution in [0.4, 0.5) is 5.69 Å². The molecule has 2 aromatic rings. The van der Waals surface area contributed by atoms with Gasteiger partial charge in [0.2, 0.25) is 5.91 Å². The maximum atomic E-state index is 12.2. The van der Waals surface area contributed by atoms with Crippen LogP contribution in [-0.4, -0.2) is 19.1 Å². The minimum atomic E-state index is -0.0466. The number of hydrogen-bond acceptors (Lipinski definition) is 3. The van der Waals surface area contributed by atoms with E-state index >= 15 is 0 Å². The van der Waals surface area contributed by atoms with E-state index in [4.69, 9.17) is 4.74 Å². The number of ether oxygens (including phenoxy) is 1. The second-order valence-corrected chi connectivity index (χ2v) is 5.75. The molecule has 1 atom stereocenters. The maximum absolute atomic E-state index is 12.2. The van der Waals surface area contributed by atoms with Crippen LogP contribution in [0.1, 0.15) is 38.3 Å². The number of anilines is 1. The van der Waals surface area contributed by atoms with Crippen LogP contribution >= 0.6 is 0 Å². The molecule has 0 fully saturated rings. The molecule has 24 heavy (non-hydrogen) atoms. The van der Waals surface area contributed by atoms with Gasteiger partial charge in [-0.05, 0) is 31.0 Å². The molecular weight excluding hydrogens is 300 g/mol. The number of benzene rings is 2. The largest absolute Gasteiger partial charge is 0.491 e. The summed E-state index contributed by atoms with van der Waals surface area (Å²) in [7, 11) is 0. The fraction of sp³-hybridized carbons (Fsp3) is 0.350. The lowest BCUT2D eigenvalue weighted by molar-refractivity contribution is -0.120. The van der Waals surface area contributed by atoms with Gasteiger partial charge in [0.05, 0.1) is 24.9 Å². The second-order valence-electron chi connectivity index (χ2n) is 5.75. The summed E-state index contributed by atoms with van der Waals surface area (Å²) < 4.78 is 5.77. The Bertz CT molecular complexity index is 629. The Morgan fingerprint density at radius 2 is 1.79 bits per heavy atom. The first-order valence-corrected chi connectivity index (χ1v) is 8.50. The van der Waals surface area contributed by atoms with Crippen LogP contribution in [0, 0.1) is 0 Å². The molecule has 0 aliphatic rings. The summed E-state index contributed by atoms with van der Waals surface area (Å²) in [5.74, 6) is 0.740. The molecule has 128 valence electrons. The highest BCUT2D eigenvalue weighted by atomic mass is 16.5. The van der Waals surface area contributed by atoms with Crippen LogP contribution in [0.2, 0.25) is 0 Å². The van der Waals surface area contributed by atoms with Gasteiger partial charge in [-0.2, -0.15) is 0 Å². The lowest BCUT2D eigenvalue weighted by Crippen LogP contribution is -2.32. The lowest BCUT2D eigenvalue weighted by atomic mass is 10.1. The summed E-state index contributed by atoms with van der Waals surface area (Å²) in [5.41, 5.74) is 1.94. The normalized spacial score (nSPS) is 11.6. The minimum Gasteiger partial charge on any atom is -0.491 e. The smallest absolute Gasteiger partial charge is 0.239 e. The van der Waals surface area contributed by atoms with E-state index in [1.165, 1.54) is 0 Å². The first kappa shape index (κ1) is 17.9. The van der Waals surface area contributed by atoms with Crippen LogP contribution in [0.3, 0.4) is 0 Å². The standard InChI is InChI=1S/C20H26N2O2/c1-3-4-14-24-19-13-9-8-12-18(19)21-15-20(23)22-16(2)17-10-6-5-7-11-17/h5-13,16,21H,3-4,14-15H2,1-2H3,(H,22,23). The van der Waals surface area contributed by atoms with Crippen molar-refractivity contribution in [3.8, 4) is 5.75 Å². The average Bonchev–Trinajstić information content (AvgIpc) is 2.62. The molecule has 2 aromatic carbocycles. The van der Waals surface area contributed by atoms with Crippen molar-refractivity contribution in [2.24, 2.45) is 0 Å². The van der Waals surface area contributed by atoms with E-state index in [1.807, 2.05) is 61.5 Å². The number of rotatable bonds is 9. The second kappa shape index (κ2) is 9.60. The number of para-hydroxylation sites is 2. The zero-order valence-electron chi connectivity index (χ0n) is 14.4. The molecule has 0 heterocycles. The monoisotopic (exact) mass is 326 g/mol. The molecule has 1 unspecified atom stereocenters. The molecule has 0 aliphatic carbocycles. The highest BCUT2D eigenvalue weighted by Gasteiger charge is 2.10. The number of nitrogens with one attached hydrogen (secondary N) is 2. The zero-order valence-corrected chi connectivity index (χ0v) is 14.4. The Morgan fingerprint density at radius 3 is 2.54 bits per heavy atom. The molecule has 4 nitrogen and oxygen atoms in total. The van der Waals surface area contributed by atoms with E-state index < -0.39 is 0 Å². The van der Waals surface area contributed by atoms with Crippen LogP contribution < -0.4 is 15.4 Å². The molecular formula is C20H26N2O2. The quantitative estimate of drug-likeness (QED) is 0.681. The van der Waals surface area contributed by atoms with Gasteiger partial charge in [-0.25, -0.2) is 0 Å². The summed E-state index contributed by atoms with van der Waals surface area (Å²) in [6.07, 6.45) is 2.11. The minimum absolute atomic E-state index is 0.0171. The van der Waals surface area contributed by atoms with Gasteiger partial charge in [-0.3, -0.25) is 4.79 Å². The summed E-state index contributed by atoms with van der Waals surface area (Å²) >= 11 is 0. The van der Waals surface area contributed by atoms with Gasteiger partial charge in [-0.1, -0.05) is 55.8 Å². The van der Waals surface area contributed by atoms with Crippen molar-refractivity contribution < 1.29 is 9.53 Å². The number of amides is 1. The van der Waals surface area contributed by atoms with Crippen LogP contribution in [0.15, 0.2) is 54.6 Å². The average molecular weight is 326 g/mol. The Balaban J connectivity index is 1.85. The van der Waals surface area contributed by atoms with Crippen molar-refractivity contribution in [1.82, 2.24) is 5.32 Å². The summed E-state index contributed by atoms with van der Waals surface area (Å²) in [6.45, 7) is 5.01. The SMILES string of the molecule is CCCCOc1ccccc1NCC(=O)NC(C)c1ccccc1. The topological polar surface area (TPSA) is 50.4 Å². The predicted octanol–water partition coefficient (Wildman–Crippen LogP) is 4.15. The molecule has 0 saturated heterocycles. The Hall–Kier alpha value is -2.49. The van der Waals surface area contributed by atoms with Crippen molar-refractivity contribution in [2.45, 2.75) is 32.7 Å². The molecule has 0 spiro atoms. The third kappa shape index (κ3) is 5.61. The highest BCUT2D eigenvalue weighted by molar-refractivity contribution is 5.81. The van der Waals surface area contributed by atoms with E-state index in [9.17, 15) is 4.79 Å². The molecule has 2 N–H and O–H groups in total. The number of carbonyl (C=O) groups is 1. The Morgan fingerprint density at radius 1 is 1.08 bits per heavy atom. The van der Waals surface area contributed by atoms with Gasteiger partial charge in [-0.15, -0.1) is 0 Å². The van der Waals surface area contributed by atoms with Crippen molar-refractivity contribution in [3.63, 3.8) is 0 Å². The van der Waals surface area contributed by atoms with Crippen molar-refractivity contribution in [2.75, 3.05) is 18.5 Å². The number of carbonyl (C=O) groups excluding carboxylic acids is 1. The molecule has 1 amide bonds. The molecule has 0 aliphatic heterocycles. The van der Waals surface area contributed by atoms with Crippen LogP contribution in [0.25, 0.3) is 0 Å². The fourth-order valence-corrected chi connectivity index (χ4v) is 2.36. The van der Waals surface area contributed by atoms with Gasteiger partial charge in [0.1, 0.15) is 5.75 Å². The Labute approximate surface area is 144 Å². The molecule has 0 saturated carbocycles. The molecule has 0 aromatic heterocycles. The summed E-state index contributed by atoms with van der Waals surface area (Å²) in [5, 5.41) is 6.16.